The Morgan fingerprint density at radius 2 is 1.71 bits per heavy atom. The van der Waals surface area contributed by atoms with Crippen molar-refractivity contribution in [3.05, 3.63) is 54.2 Å². The van der Waals surface area contributed by atoms with Gasteiger partial charge in [0.15, 0.2) is 5.13 Å². The zero-order chi connectivity index (χ0) is 19.2. The summed E-state index contributed by atoms with van der Waals surface area (Å²) in [5, 5.41) is 9.20. The van der Waals surface area contributed by atoms with E-state index in [1.165, 1.54) is 32.1 Å². The van der Waals surface area contributed by atoms with Crippen molar-refractivity contribution >= 4 is 33.8 Å². The van der Waals surface area contributed by atoms with Crippen LogP contribution in [-0.4, -0.2) is 15.9 Å². The van der Waals surface area contributed by atoms with E-state index in [0.29, 0.717) is 12.3 Å². The average molecular weight is 393 g/mol. The standard InChI is InChI=1S/C22H24N4OS/c27-21(14-16-4-2-1-3-5-16)24-18-6-8-19(9-7-18)25-22-26-20(15-28-22)17-10-12-23-13-11-17/h6-13,15-16H,1-5,14H2,(H,24,27)(H,25,26). The Kier molecular flexibility index (Phi) is 5.97. The van der Waals surface area contributed by atoms with E-state index in [1.54, 1.807) is 23.7 Å². The molecule has 0 saturated heterocycles. The third-order valence-electron chi connectivity index (χ3n) is 5.10. The van der Waals surface area contributed by atoms with Gasteiger partial charge in [-0.1, -0.05) is 19.3 Å². The third kappa shape index (κ3) is 4.95. The molecule has 28 heavy (non-hydrogen) atoms. The third-order valence-corrected chi connectivity index (χ3v) is 5.86. The quantitative estimate of drug-likeness (QED) is 0.551. The Hall–Kier alpha value is -2.73. The van der Waals surface area contributed by atoms with Crippen LogP contribution >= 0.6 is 11.3 Å². The predicted octanol–water partition coefficient (Wildman–Crippen LogP) is 5.86. The molecule has 1 aromatic carbocycles. The van der Waals surface area contributed by atoms with Crippen LogP contribution in [0.25, 0.3) is 11.3 Å². The summed E-state index contributed by atoms with van der Waals surface area (Å²) in [7, 11) is 0. The van der Waals surface area contributed by atoms with Crippen LogP contribution in [0.5, 0.6) is 0 Å². The number of thiazole rings is 1. The number of nitrogens with one attached hydrogen (secondary N) is 2. The first-order valence-corrected chi connectivity index (χ1v) is 10.7. The lowest BCUT2D eigenvalue weighted by Gasteiger charge is -2.20. The maximum absolute atomic E-state index is 12.3. The van der Waals surface area contributed by atoms with Crippen LogP contribution in [0, 0.1) is 5.92 Å². The number of amides is 1. The van der Waals surface area contributed by atoms with E-state index in [-0.39, 0.29) is 5.91 Å². The molecular weight excluding hydrogens is 368 g/mol. The van der Waals surface area contributed by atoms with Gasteiger partial charge in [0, 0.05) is 41.1 Å². The number of benzene rings is 1. The topological polar surface area (TPSA) is 66.9 Å². The largest absolute Gasteiger partial charge is 0.332 e. The first-order valence-electron chi connectivity index (χ1n) is 9.79. The van der Waals surface area contributed by atoms with Crippen LogP contribution in [0.1, 0.15) is 38.5 Å². The van der Waals surface area contributed by atoms with Crippen molar-refractivity contribution in [2.24, 2.45) is 5.92 Å². The molecule has 5 nitrogen and oxygen atoms in total. The molecule has 3 aromatic rings. The van der Waals surface area contributed by atoms with E-state index >= 15 is 0 Å². The Morgan fingerprint density at radius 1 is 1.00 bits per heavy atom. The molecule has 1 fully saturated rings. The molecule has 2 heterocycles. The van der Waals surface area contributed by atoms with Crippen LogP contribution in [0.15, 0.2) is 54.2 Å². The molecule has 6 heteroatoms. The van der Waals surface area contributed by atoms with Gasteiger partial charge in [0.2, 0.25) is 5.91 Å². The Balaban J connectivity index is 1.32. The van der Waals surface area contributed by atoms with Crippen LogP contribution in [0.2, 0.25) is 0 Å². The van der Waals surface area contributed by atoms with Gasteiger partial charge in [-0.05, 0) is 55.2 Å². The lowest BCUT2D eigenvalue weighted by atomic mass is 9.87. The van der Waals surface area contributed by atoms with Gasteiger partial charge in [0.25, 0.3) is 0 Å². The van der Waals surface area contributed by atoms with E-state index in [2.05, 4.69) is 20.6 Å². The highest BCUT2D eigenvalue weighted by Crippen LogP contribution is 2.28. The average Bonchev–Trinajstić information content (AvgIpc) is 3.19. The normalized spacial score (nSPS) is 14.6. The Bertz CT molecular complexity index is 902. The number of carbonyl (C=O) groups is 1. The molecule has 1 aliphatic rings. The molecule has 0 bridgehead atoms. The van der Waals surface area contributed by atoms with Gasteiger partial charge >= 0.3 is 0 Å². The molecule has 2 N–H and O–H groups in total. The summed E-state index contributed by atoms with van der Waals surface area (Å²) < 4.78 is 0. The maximum atomic E-state index is 12.3. The summed E-state index contributed by atoms with van der Waals surface area (Å²) in [5.41, 5.74) is 3.76. The highest BCUT2D eigenvalue weighted by atomic mass is 32.1. The highest BCUT2D eigenvalue weighted by molar-refractivity contribution is 7.14. The number of rotatable bonds is 6. The van der Waals surface area contributed by atoms with Crippen molar-refractivity contribution in [2.75, 3.05) is 10.6 Å². The van der Waals surface area contributed by atoms with Crippen molar-refractivity contribution in [2.45, 2.75) is 38.5 Å². The number of pyridine rings is 1. The van der Waals surface area contributed by atoms with E-state index < -0.39 is 0 Å². The minimum Gasteiger partial charge on any atom is -0.332 e. The van der Waals surface area contributed by atoms with Crippen molar-refractivity contribution in [1.29, 1.82) is 0 Å². The molecule has 0 radical (unpaired) electrons. The minimum atomic E-state index is 0.120. The van der Waals surface area contributed by atoms with Crippen molar-refractivity contribution < 1.29 is 4.79 Å². The van der Waals surface area contributed by atoms with Crippen molar-refractivity contribution in [1.82, 2.24) is 9.97 Å². The fraction of sp³-hybridized carbons (Fsp3) is 0.318. The predicted molar refractivity (Wildman–Crippen MR) is 115 cm³/mol. The number of nitrogens with zero attached hydrogens (tertiary/aromatic N) is 2. The molecule has 0 aliphatic heterocycles. The zero-order valence-electron chi connectivity index (χ0n) is 15.7. The number of anilines is 3. The fourth-order valence-electron chi connectivity index (χ4n) is 3.61. The van der Waals surface area contributed by atoms with Crippen LogP contribution in [0.4, 0.5) is 16.5 Å². The lowest BCUT2D eigenvalue weighted by Crippen LogP contribution is -2.18. The van der Waals surface area contributed by atoms with Crippen molar-refractivity contribution in [3.63, 3.8) is 0 Å². The van der Waals surface area contributed by atoms with Gasteiger partial charge in [0.1, 0.15) is 0 Å². The zero-order valence-corrected chi connectivity index (χ0v) is 16.5. The fourth-order valence-corrected chi connectivity index (χ4v) is 4.35. The summed E-state index contributed by atoms with van der Waals surface area (Å²) in [6.07, 6.45) is 10.4. The second-order valence-electron chi connectivity index (χ2n) is 7.23. The Morgan fingerprint density at radius 3 is 2.46 bits per heavy atom. The number of hydrogen-bond acceptors (Lipinski definition) is 5. The molecule has 144 valence electrons. The summed E-state index contributed by atoms with van der Waals surface area (Å²) in [4.78, 5) is 20.9. The molecule has 1 aliphatic carbocycles. The maximum Gasteiger partial charge on any atom is 0.224 e. The molecule has 0 spiro atoms. The van der Waals surface area contributed by atoms with Gasteiger partial charge in [-0.25, -0.2) is 4.98 Å². The summed E-state index contributed by atoms with van der Waals surface area (Å²) >= 11 is 1.56. The lowest BCUT2D eigenvalue weighted by molar-refractivity contribution is -0.117. The minimum absolute atomic E-state index is 0.120. The molecular formula is C22H24N4OS. The number of carbonyl (C=O) groups excluding carboxylic acids is 1. The van der Waals surface area contributed by atoms with Gasteiger partial charge < -0.3 is 10.6 Å². The van der Waals surface area contributed by atoms with Crippen LogP contribution < -0.4 is 10.6 Å². The van der Waals surface area contributed by atoms with E-state index in [1.807, 2.05) is 41.8 Å². The Labute approximate surface area is 169 Å². The second kappa shape index (κ2) is 8.97. The monoisotopic (exact) mass is 392 g/mol. The molecule has 1 saturated carbocycles. The first kappa shape index (κ1) is 18.6. The highest BCUT2D eigenvalue weighted by Gasteiger charge is 2.17. The van der Waals surface area contributed by atoms with Gasteiger partial charge in [-0.15, -0.1) is 11.3 Å². The summed E-state index contributed by atoms with van der Waals surface area (Å²) in [5.74, 6) is 0.670. The van der Waals surface area contributed by atoms with E-state index in [4.69, 9.17) is 0 Å². The van der Waals surface area contributed by atoms with Crippen LogP contribution in [0.3, 0.4) is 0 Å². The van der Waals surface area contributed by atoms with Gasteiger partial charge in [-0.3, -0.25) is 9.78 Å². The number of hydrogen-bond donors (Lipinski definition) is 2. The number of aromatic nitrogens is 2. The summed E-state index contributed by atoms with van der Waals surface area (Å²) in [6.45, 7) is 0. The SMILES string of the molecule is O=C(CC1CCCCC1)Nc1ccc(Nc2nc(-c3ccncc3)cs2)cc1. The van der Waals surface area contributed by atoms with Crippen LogP contribution in [-0.2, 0) is 4.79 Å². The van der Waals surface area contributed by atoms with Gasteiger partial charge in [-0.2, -0.15) is 0 Å². The van der Waals surface area contributed by atoms with E-state index in [0.717, 1.165) is 27.8 Å². The first-order chi connectivity index (χ1) is 13.8. The molecule has 0 atom stereocenters. The van der Waals surface area contributed by atoms with E-state index in [9.17, 15) is 4.79 Å². The van der Waals surface area contributed by atoms with Crippen molar-refractivity contribution in [3.8, 4) is 11.3 Å². The molecule has 0 unspecified atom stereocenters. The summed E-state index contributed by atoms with van der Waals surface area (Å²) in [6, 6.07) is 11.7. The van der Waals surface area contributed by atoms with Gasteiger partial charge in [0.05, 0.1) is 5.69 Å². The smallest absolute Gasteiger partial charge is 0.224 e. The second-order valence-corrected chi connectivity index (χ2v) is 8.09. The molecule has 2 aromatic heterocycles. The molecule has 1 amide bonds. The molecule has 4 rings (SSSR count).